The van der Waals surface area contributed by atoms with Crippen LogP contribution in [0.15, 0.2) is 0 Å². The van der Waals surface area contributed by atoms with E-state index in [4.69, 9.17) is 4.74 Å². The summed E-state index contributed by atoms with van der Waals surface area (Å²) in [5.74, 6) is -0.206. The first-order valence-corrected chi connectivity index (χ1v) is 6.89. The first kappa shape index (κ1) is 13.3. The van der Waals surface area contributed by atoms with Crippen molar-refractivity contribution in [2.75, 3.05) is 19.7 Å². The van der Waals surface area contributed by atoms with E-state index in [9.17, 15) is 9.59 Å². The minimum atomic E-state index is -0.294. The second-order valence-electron chi connectivity index (χ2n) is 5.06. The number of ether oxygens (including phenoxy) is 1. The number of carbonyl (C=O) groups is 2. The molecule has 2 aliphatic rings. The average molecular weight is 254 g/mol. The highest BCUT2D eigenvalue weighted by Crippen LogP contribution is 2.28. The lowest BCUT2D eigenvalue weighted by molar-refractivity contribution is -0.149. The van der Waals surface area contributed by atoms with Crippen LogP contribution in [0, 0.1) is 0 Å². The number of rotatable bonds is 6. The molecule has 5 heteroatoms. The van der Waals surface area contributed by atoms with Gasteiger partial charge in [0.1, 0.15) is 6.54 Å². The topological polar surface area (TPSA) is 58.6 Å². The third-order valence-corrected chi connectivity index (χ3v) is 3.50. The van der Waals surface area contributed by atoms with Gasteiger partial charge < -0.3 is 15.0 Å². The monoisotopic (exact) mass is 254 g/mol. The van der Waals surface area contributed by atoms with E-state index in [1.165, 1.54) is 0 Å². The van der Waals surface area contributed by atoms with Gasteiger partial charge in [-0.25, -0.2) is 0 Å². The van der Waals surface area contributed by atoms with Crippen LogP contribution < -0.4 is 5.32 Å². The van der Waals surface area contributed by atoms with E-state index in [1.807, 2.05) is 0 Å². The summed E-state index contributed by atoms with van der Waals surface area (Å²) in [4.78, 5) is 25.4. The molecule has 102 valence electrons. The summed E-state index contributed by atoms with van der Waals surface area (Å²) in [6.45, 7) is 3.27. The number of hydrogen-bond donors (Lipinski definition) is 1. The fraction of sp³-hybridized carbons (Fsp3) is 0.846. The molecule has 1 heterocycles. The molecule has 2 fully saturated rings. The van der Waals surface area contributed by atoms with E-state index < -0.39 is 0 Å². The van der Waals surface area contributed by atoms with Gasteiger partial charge in [0.25, 0.3) is 0 Å². The highest BCUT2D eigenvalue weighted by molar-refractivity contribution is 5.83. The maximum absolute atomic E-state index is 12.2. The summed E-state index contributed by atoms with van der Waals surface area (Å²) < 4.78 is 4.92. The van der Waals surface area contributed by atoms with Crippen LogP contribution in [0.5, 0.6) is 0 Å². The largest absolute Gasteiger partial charge is 0.465 e. The zero-order chi connectivity index (χ0) is 13.0. The molecule has 18 heavy (non-hydrogen) atoms. The van der Waals surface area contributed by atoms with Crippen LogP contribution in [0.25, 0.3) is 0 Å². The number of carbonyl (C=O) groups excluding carboxylic acids is 2. The van der Waals surface area contributed by atoms with E-state index in [0.29, 0.717) is 19.1 Å². The molecule has 1 aliphatic carbocycles. The molecular weight excluding hydrogens is 232 g/mol. The Morgan fingerprint density at radius 2 is 2.11 bits per heavy atom. The van der Waals surface area contributed by atoms with E-state index in [-0.39, 0.29) is 24.5 Å². The second kappa shape index (κ2) is 6.18. The van der Waals surface area contributed by atoms with Gasteiger partial charge in [0.2, 0.25) is 5.91 Å². The van der Waals surface area contributed by atoms with Gasteiger partial charge in [0.05, 0.1) is 6.61 Å². The van der Waals surface area contributed by atoms with Gasteiger partial charge in [-0.2, -0.15) is 0 Å². The molecule has 1 aliphatic heterocycles. The smallest absolute Gasteiger partial charge is 0.325 e. The van der Waals surface area contributed by atoms with Crippen LogP contribution in [0.1, 0.15) is 39.0 Å². The summed E-state index contributed by atoms with van der Waals surface area (Å²) in [7, 11) is 0. The average Bonchev–Trinajstić information content (AvgIpc) is 3.05. The Morgan fingerprint density at radius 1 is 1.33 bits per heavy atom. The number of nitrogens with one attached hydrogen (secondary N) is 1. The Kier molecular flexibility index (Phi) is 4.58. The van der Waals surface area contributed by atoms with Crippen molar-refractivity contribution in [3.8, 4) is 0 Å². The fourth-order valence-corrected chi connectivity index (χ4v) is 2.41. The first-order valence-electron chi connectivity index (χ1n) is 6.89. The first-order chi connectivity index (χ1) is 8.70. The predicted octanol–water partition coefficient (Wildman–Crippen LogP) is 0.683. The Bertz CT molecular complexity index is 309. The third-order valence-electron chi connectivity index (χ3n) is 3.50. The van der Waals surface area contributed by atoms with Crippen molar-refractivity contribution in [1.82, 2.24) is 10.2 Å². The van der Waals surface area contributed by atoms with Gasteiger partial charge in [0, 0.05) is 18.5 Å². The van der Waals surface area contributed by atoms with Crippen molar-refractivity contribution in [1.29, 1.82) is 0 Å². The van der Waals surface area contributed by atoms with Crippen molar-refractivity contribution in [3.63, 3.8) is 0 Å². The fourth-order valence-electron chi connectivity index (χ4n) is 2.41. The Labute approximate surface area is 108 Å². The van der Waals surface area contributed by atoms with Gasteiger partial charge in [0.15, 0.2) is 0 Å². The van der Waals surface area contributed by atoms with Crippen LogP contribution in [0.3, 0.4) is 0 Å². The molecule has 1 amide bonds. The zero-order valence-corrected chi connectivity index (χ0v) is 11.0. The maximum atomic E-state index is 12.2. The predicted molar refractivity (Wildman–Crippen MR) is 67.0 cm³/mol. The molecular formula is C13H22N2O3. The van der Waals surface area contributed by atoms with Crippen molar-refractivity contribution in [2.24, 2.45) is 0 Å². The number of amides is 1. The molecule has 0 aromatic heterocycles. The van der Waals surface area contributed by atoms with E-state index in [2.05, 4.69) is 5.32 Å². The van der Waals surface area contributed by atoms with Gasteiger partial charge in [-0.15, -0.1) is 0 Å². The van der Waals surface area contributed by atoms with Crippen molar-refractivity contribution >= 4 is 11.9 Å². The third kappa shape index (κ3) is 3.70. The van der Waals surface area contributed by atoms with E-state index in [0.717, 1.165) is 32.2 Å². The molecule has 1 saturated carbocycles. The molecule has 0 bridgehead atoms. The van der Waals surface area contributed by atoms with Gasteiger partial charge in [-0.3, -0.25) is 9.59 Å². The van der Waals surface area contributed by atoms with Crippen LogP contribution in [-0.4, -0.2) is 48.6 Å². The van der Waals surface area contributed by atoms with E-state index >= 15 is 0 Å². The Balaban J connectivity index is 1.83. The molecule has 1 saturated heterocycles. The normalized spacial score (nSPS) is 22.8. The molecule has 1 atom stereocenters. The van der Waals surface area contributed by atoms with Crippen molar-refractivity contribution < 1.29 is 14.3 Å². The minimum Gasteiger partial charge on any atom is -0.465 e. The van der Waals surface area contributed by atoms with Crippen LogP contribution in [0.4, 0.5) is 0 Å². The Morgan fingerprint density at radius 3 is 2.67 bits per heavy atom. The molecule has 0 radical (unpaired) electrons. The summed E-state index contributed by atoms with van der Waals surface area (Å²) >= 11 is 0. The molecule has 1 N–H and O–H groups in total. The summed E-state index contributed by atoms with van der Waals surface area (Å²) in [5, 5.41) is 3.32. The molecule has 0 aromatic carbocycles. The van der Waals surface area contributed by atoms with Crippen LogP contribution in [-0.2, 0) is 14.3 Å². The Hall–Kier alpha value is -1.10. The standard InChI is InChI=1S/C13H22N2O3/c1-2-18-13(17)9-15(11-5-6-11)12(16)8-10-4-3-7-14-10/h10-11,14H,2-9H2,1H3. The highest BCUT2D eigenvalue weighted by Gasteiger charge is 2.35. The molecule has 2 rings (SSSR count). The maximum Gasteiger partial charge on any atom is 0.325 e. The van der Waals surface area contributed by atoms with Gasteiger partial charge >= 0.3 is 5.97 Å². The molecule has 0 spiro atoms. The number of hydrogen-bond acceptors (Lipinski definition) is 4. The summed E-state index contributed by atoms with van der Waals surface area (Å²) in [6, 6.07) is 0.559. The lowest BCUT2D eigenvalue weighted by atomic mass is 10.1. The SMILES string of the molecule is CCOC(=O)CN(C(=O)CC1CCCN1)C1CC1. The van der Waals surface area contributed by atoms with Gasteiger partial charge in [-0.1, -0.05) is 0 Å². The molecule has 0 aromatic rings. The summed E-state index contributed by atoms with van der Waals surface area (Å²) in [6.07, 6.45) is 4.74. The lowest BCUT2D eigenvalue weighted by Crippen LogP contribution is -2.41. The minimum absolute atomic E-state index is 0.0879. The summed E-state index contributed by atoms with van der Waals surface area (Å²) in [5.41, 5.74) is 0. The van der Waals surface area contributed by atoms with E-state index in [1.54, 1.807) is 11.8 Å². The van der Waals surface area contributed by atoms with Crippen molar-refractivity contribution in [3.05, 3.63) is 0 Å². The lowest BCUT2D eigenvalue weighted by Gasteiger charge is -2.23. The van der Waals surface area contributed by atoms with Crippen LogP contribution >= 0.6 is 0 Å². The second-order valence-corrected chi connectivity index (χ2v) is 5.06. The van der Waals surface area contributed by atoms with Crippen LogP contribution in [0.2, 0.25) is 0 Å². The highest BCUT2D eigenvalue weighted by atomic mass is 16.5. The van der Waals surface area contributed by atoms with Gasteiger partial charge in [-0.05, 0) is 39.2 Å². The molecule has 5 nitrogen and oxygen atoms in total. The zero-order valence-electron chi connectivity index (χ0n) is 11.0. The number of nitrogens with zero attached hydrogens (tertiary/aromatic N) is 1. The quantitative estimate of drug-likeness (QED) is 0.708. The number of esters is 1. The van der Waals surface area contributed by atoms with Crippen molar-refractivity contribution in [2.45, 2.75) is 51.1 Å². The molecule has 1 unspecified atom stereocenters.